The Bertz CT molecular complexity index is 3380. The van der Waals surface area contributed by atoms with Crippen LogP contribution in [0.25, 0.3) is 0 Å². The lowest BCUT2D eigenvalue weighted by molar-refractivity contribution is -0.197. The molecular weight excluding hydrogens is 2060 g/mol. The molecule has 842 valence electrons. The molecule has 7 fully saturated rings. The van der Waals surface area contributed by atoms with E-state index in [-0.39, 0.29) is 109 Å². The monoisotopic (exact) mass is 2240 g/mol. The number of urea groups is 2. The molecule has 9 atom stereocenters. The van der Waals surface area contributed by atoms with E-state index in [1.54, 1.807) is 43.2 Å². The zero-order valence-corrected chi connectivity index (χ0v) is 94.5. The van der Waals surface area contributed by atoms with Gasteiger partial charge in [0.05, 0.1) is 194 Å². The molecule has 9 unspecified atom stereocenters. The molecule has 7 saturated heterocycles. The van der Waals surface area contributed by atoms with Gasteiger partial charge in [-0.25, -0.2) is 14.4 Å². The Morgan fingerprint density at radius 2 is 0.630 bits per heavy atom. The average molecular weight is 2240 g/mol. The van der Waals surface area contributed by atoms with E-state index in [0.29, 0.717) is 287 Å². The van der Waals surface area contributed by atoms with E-state index in [4.69, 9.17) is 67.4 Å². The topological polar surface area (TPSA) is 491 Å². The van der Waals surface area contributed by atoms with Gasteiger partial charge in [0.2, 0.25) is 23.6 Å². The van der Waals surface area contributed by atoms with E-state index in [0.717, 1.165) is 175 Å². The molecule has 0 bridgehead atoms. The average Bonchev–Trinajstić information content (AvgIpc) is 1.68. The molecule has 7 aliphatic heterocycles. The minimum atomic E-state index is -0.624. The van der Waals surface area contributed by atoms with Crippen LogP contribution in [0.15, 0.2) is 12.4 Å². The van der Waals surface area contributed by atoms with E-state index < -0.39 is 17.8 Å². The molecule has 12 N–H and O–H groups in total. The summed E-state index contributed by atoms with van der Waals surface area (Å²) in [7, 11) is 9.77. The summed E-state index contributed by atoms with van der Waals surface area (Å²) in [6, 6.07) is 1.83. The van der Waals surface area contributed by atoms with Crippen LogP contribution in [0.5, 0.6) is 0 Å². The fourth-order valence-corrected chi connectivity index (χ4v) is 25.8. The summed E-state index contributed by atoms with van der Waals surface area (Å²) in [6.07, 6.45) is 25.1. The molecule has 0 aromatic carbocycles. The van der Waals surface area contributed by atoms with Crippen LogP contribution in [0, 0.1) is 0 Å². The molecule has 146 heavy (non-hydrogen) atoms. The molecule has 7 heterocycles. The number of nitrogens with two attached hydrogens (primary N) is 1. The second kappa shape index (κ2) is 93.1. The number of ether oxygens (including phenoxy) is 12. The summed E-state index contributed by atoms with van der Waals surface area (Å²) in [5.41, 5.74) is 5.14. The van der Waals surface area contributed by atoms with Gasteiger partial charge in [-0.05, 0) is 90.0 Å². The SMILES string of the molecule is C=C1NC2CSC(CCCCC(=O)NCCOCCOCCOCCOCCC(=O)NCCSSCCC(=O)ON3C(=O)CCC3=O)C2N1.CCCCN.CCCCNC(=O)CCSSCCCC(=O)CCOCCOCCOCCOCCCC(=O)CCCCC1SCC2NC(=O)NC21.CCCCNC(=O)CCSSCCCC(=O)CCOCCOCCOCCOCCCC(=O)CCCCC1SCC2NC(=O)NC21. The number of hydroxylamine groups is 2. The minimum absolute atomic E-state index is 0.0517. The van der Waals surface area contributed by atoms with Crippen molar-refractivity contribution >= 4 is 177 Å². The number of hydrogen-bond donors (Lipinski definition) is 11. The van der Waals surface area contributed by atoms with E-state index in [9.17, 15) is 62.3 Å². The maximum Gasteiger partial charge on any atom is 0.334 e. The van der Waals surface area contributed by atoms with E-state index in [2.05, 4.69) is 80.5 Å². The van der Waals surface area contributed by atoms with Crippen LogP contribution in [0.2, 0.25) is 0 Å². The smallest absolute Gasteiger partial charge is 0.334 e. The third-order valence-electron chi connectivity index (χ3n) is 23.2. The molecule has 0 aliphatic carbocycles. The molecule has 10 amide bonds. The molecular formula is C99H176N12O26S9. The number of imide groups is 1. The van der Waals surface area contributed by atoms with E-state index in [1.807, 2.05) is 35.3 Å². The molecule has 7 rings (SSSR count). The number of amides is 10. The molecule has 0 aromatic rings. The van der Waals surface area contributed by atoms with Crippen molar-refractivity contribution < 1.29 is 124 Å². The van der Waals surface area contributed by atoms with Gasteiger partial charge in [-0.15, -0.1) is 5.06 Å². The molecule has 7 aliphatic rings. The standard InChI is InChI=1S/2C32H57N3O8S3.C31H51N5O10S3.C4H11N/c2*1-2-3-14-33-30(38)13-24-46-45-23-7-10-27(37)12-16-41-18-20-43-22-21-42-19-17-40-15-6-9-26(36)8-4-5-11-29-31-28(25-44-29)34-32(39)35-31;1-23-34-24-22-47-25(31(24)35-23)4-2-3-5-26(37)32-10-13-43-15-17-45-19-18-44-16-14-42-12-8-27(38)33-11-21-49-48-20-9-30(41)46-36-28(39)6-7-29(36)40;1-2-3-4-5/h2*28-29,31H,2-25H2,1H3,(H,33,38)(H2,34,35,39);24-25,31,34-35H,1-22H2,(H,32,37)(H,33,38);2-5H2,1H3. The Morgan fingerprint density at radius 3 is 1.04 bits per heavy atom. The summed E-state index contributed by atoms with van der Waals surface area (Å²) in [4.78, 5) is 158. The maximum atomic E-state index is 12.1. The van der Waals surface area contributed by atoms with Gasteiger partial charge in [0.15, 0.2) is 0 Å². The first-order chi connectivity index (χ1) is 71.2. The predicted molar refractivity (Wildman–Crippen MR) is 588 cm³/mol. The molecule has 0 saturated carbocycles. The Hall–Kier alpha value is -4.32. The van der Waals surface area contributed by atoms with Crippen molar-refractivity contribution in [2.75, 3.05) is 243 Å². The number of hydrogen-bond acceptors (Lipinski definition) is 38. The Morgan fingerprint density at radius 1 is 0.315 bits per heavy atom. The van der Waals surface area contributed by atoms with Gasteiger partial charge in [0, 0.05) is 197 Å². The van der Waals surface area contributed by atoms with Crippen molar-refractivity contribution in [1.29, 1.82) is 0 Å². The Labute approximate surface area is 904 Å². The number of ketones is 4. The van der Waals surface area contributed by atoms with Crippen molar-refractivity contribution in [1.82, 2.24) is 58.2 Å². The summed E-state index contributed by atoms with van der Waals surface area (Å²) in [6.45, 7) is 24.5. The molecule has 0 radical (unpaired) electrons. The number of carbonyl (C=O) groups excluding carboxylic acids is 13. The zero-order valence-electron chi connectivity index (χ0n) is 87.1. The summed E-state index contributed by atoms with van der Waals surface area (Å²) in [5.74, 6) is 8.08. The third-order valence-corrected chi connectivity index (χ3v) is 35.1. The van der Waals surface area contributed by atoms with E-state index >= 15 is 0 Å². The fraction of sp³-hybridized carbons (Fsp3) is 0.848. The highest BCUT2D eigenvalue weighted by Gasteiger charge is 2.45. The zero-order chi connectivity index (χ0) is 105. The number of carbonyl (C=O) groups is 13. The second-order valence-electron chi connectivity index (χ2n) is 35.4. The number of Topliss-reactive ketones (excluding diaryl/α,β-unsaturated/α-hetero) is 4. The van der Waals surface area contributed by atoms with E-state index in [1.165, 1.54) is 34.4 Å². The van der Waals surface area contributed by atoms with Crippen LogP contribution in [0.4, 0.5) is 9.59 Å². The third kappa shape index (κ3) is 72.4. The first-order valence-electron chi connectivity index (χ1n) is 53.0. The van der Waals surface area contributed by atoms with Gasteiger partial charge in [0.25, 0.3) is 11.8 Å². The molecule has 0 aromatic heterocycles. The number of nitrogens with one attached hydrogen (secondary N) is 10. The molecule has 38 nitrogen and oxygen atoms in total. The highest BCUT2D eigenvalue weighted by Crippen LogP contribution is 2.37. The quantitative estimate of drug-likeness (QED) is 0.0117. The van der Waals surface area contributed by atoms with Crippen molar-refractivity contribution in [3.05, 3.63) is 12.4 Å². The molecule has 47 heteroatoms. The van der Waals surface area contributed by atoms with Crippen LogP contribution < -0.4 is 58.9 Å². The lowest BCUT2D eigenvalue weighted by Gasteiger charge is -2.17. The number of nitrogens with zero attached hydrogens (tertiary/aromatic N) is 1. The maximum absolute atomic E-state index is 12.1. The fourth-order valence-electron chi connectivity index (χ4n) is 15.1. The van der Waals surface area contributed by atoms with Crippen LogP contribution in [-0.2, 0) is 114 Å². The molecule has 0 spiro atoms. The predicted octanol–water partition coefficient (Wildman–Crippen LogP) is 11.0. The van der Waals surface area contributed by atoms with Crippen LogP contribution in [0.3, 0.4) is 0 Å². The number of thioether (sulfide) groups is 3. The largest absolute Gasteiger partial charge is 0.379 e. The first kappa shape index (κ1) is 134. The Balaban J connectivity index is 0.000000445. The van der Waals surface area contributed by atoms with Gasteiger partial charge in [0.1, 0.15) is 23.1 Å². The Kier molecular flexibility index (Phi) is 85.4. The van der Waals surface area contributed by atoms with Gasteiger partial charge in [-0.2, -0.15) is 35.3 Å². The van der Waals surface area contributed by atoms with Gasteiger partial charge >= 0.3 is 18.0 Å². The van der Waals surface area contributed by atoms with Crippen molar-refractivity contribution in [3.8, 4) is 0 Å². The van der Waals surface area contributed by atoms with Crippen molar-refractivity contribution in [2.45, 2.75) is 291 Å². The van der Waals surface area contributed by atoms with Gasteiger partial charge < -0.3 is 121 Å². The summed E-state index contributed by atoms with van der Waals surface area (Å²) in [5, 5.41) is 32.4. The lowest BCUT2D eigenvalue weighted by atomic mass is 10.0. The van der Waals surface area contributed by atoms with Crippen molar-refractivity contribution in [2.24, 2.45) is 5.73 Å². The highest BCUT2D eigenvalue weighted by molar-refractivity contribution is 8.77. The summed E-state index contributed by atoms with van der Waals surface area (Å²) < 4.78 is 66.0. The van der Waals surface area contributed by atoms with Gasteiger partial charge in [-0.3, -0.25) is 47.9 Å². The first-order valence-corrected chi connectivity index (χ1v) is 63.6. The number of fused-ring (bicyclic) bond motifs is 3. The van der Waals surface area contributed by atoms with Crippen LogP contribution in [0.1, 0.15) is 239 Å². The number of unbranched alkanes of at least 4 members (excludes halogenated alkanes) is 6. The minimum Gasteiger partial charge on any atom is -0.379 e. The number of rotatable bonds is 94. The summed E-state index contributed by atoms with van der Waals surface area (Å²) >= 11 is 5.83. The lowest BCUT2D eigenvalue weighted by Crippen LogP contribution is -2.36. The van der Waals surface area contributed by atoms with Crippen LogP contribution >= 0.6 is 100 Å². The van der Waals surface area contributed by atoms with Crippen LogP contribution in [-0.4, -0.2) is 377 Å². The highest BCUT2D eigenvalue weighted by atomic mass is 33.1. The second-order valence-corrected chi connectivity index (χ2v) is 47.3. The van der Waals surface area contributed by atoms with Gasteiger partial charge in [-0.1, -0.05) is 131 Å². The van der Waals surface area contributed by atoms with Crippen molar-refractivity contribution in [3.63, 3.8) is 0 Å². The normalized spacial score (nSPS) is 18.8.